The van der Waals surface area contributed by atoms with Crippen LogP contribution in [0.15, 0.2) is 36.5 Å². The zero-order valence-electron chi connectivity index (χ0n) is 10.2. The van der Waals surface area contributed by atoms with Gasteiger partial charge in [0.1, 0.15) is 11.6 Å². The minimum absolute atomic E-state index is 0.288. The summed E-state index contributed by atoms with van der Waals surface area (Å²) in [6, 6.07) is 8.03. The van der Waals surface area contributed by atoms with E-state index in [0.29, 0.717) is 16.9 Å². The second-order valence-corrected chi connectivity index (χ2v) is 4.09. The van der Waals surface area contributed by atoms with Crippen LogP contribution in [0.3, 0.4) is 0 Å². The number of aliphatic hydroxyl groups is 1. The third-order valence-corrected chi connectivity index (χ3v) is 2.61. The predicted molar refractivity (Wildman–Crippen MR) is 66.1 cm³/mol. The van der Waals surface area contributed by atoms with E-state index in [4.69, 9.17) is 4.74 Å². The van der Waals surface area contributed by atoms with Gasteiger partial charge >= 0.3 is 0 Å². The molecule has 18 heavy (non-hydrogen) atoms. The minimum Gasteiger partial charge on any atom is -0.439 e. The molecule has 0 aliphatic heterocycles. The van der Waals surface area contributed by atoms with Crippen LogP contribution in [-0.4, -0.2) is 10.1 Å². The van der Waals surface area contributed by atoms with Gasteiger partial charge in [0.25, 0.3) is 0 Å². The zero-order chi connectivity index (χ0) is 13.1. The van der Waals surface area contributed by atoms with Gasteiger partial charge in [-0.2, -0.15) is 0 Å². The van der Waals surface area contributed by atoms with E-state index in [1.54, 1.807) is 44.3 Å². The number of hydrogen-bond donors (Lipinski definition) is 1. The number of rotatable bonds is 3. The third-order valence-electron chi connectivity index (χ3n) is 2.61. The van der Waals surface area contributed by atoms with E-state index in [9.17, 15) is 9.50 Å². The van der Waals surface area contributed by atoms with Crippen LogP contribution in [0.5, 0.6) is 11.6 Å². The van der Waals surface area contributed by atoms with Crippen LogP contribution in [0.2, 0.25) is 0 Å². The van der Waals surface area contributed by atoms with E-state index >= 15 is 0 Å². The van der Waals surface area contributed by atoms with E-state index in [-0.39, 0.29) is 11.7 Å². The number of halogens is 1. The number of aryl methyl sites for hydroxylation is 1. The monoisotopic (exact) mass is 247 g/mol. The average Bonchev–Trinajstić information content (AvgIpc) is 2.34. The van der Waals surface area contributed by atoms with Gasteiger partial charge in [-0.25, -0.2) is 9.37 Å². The lowest BCUT2D eigenvalue weighted by atomic mass is 10.2. The predicted octanol–water partition coefficient (Wildman–Crippen LogP) is 3.37. The molecular weight excluding hydrogens is 233 g/mol. The number of ether oxygens (including phenoxy) is 1. The summed E-state index contributed by atoms with van der Waals surface area (Å²) in [5.41, 5.74) is 1.12. The summed E-state index contributed by atoms with van der Waals surface area (Å²) in [5, 5.41) is 9.59. The average molecular weight is 247 g/mol. The molecule has 1 aromatic carbocycles. The van der Waals surface area contributed by atoms with Crippen LogP contribution >= 0.6 is 0 Å². The van der Waals surface area contributed by atoms with Gasteiger partial charge in [0.15, 0.2) is 0 Å². The van der Waals surface area contributed by atoms with Crippen LogP contribution in [-0.2, 0) is 0 Å². The number of pyridine rings is 1. The summed E-state index contributed by atoms with van der Waals surface area (Å²) in [5.74, 6) is 0.316. The number of hydrogen-bond acceptors (Lipinski definition) is 3. The molecular formula is C14H14FNO2. The minimum atomic E-state index is -0.691. The molecule has 94 valence electrons. The molecule has 0 aliphatic carbocycles. The first-order valence-corrected chi connectivity index (χ1v) is 5.65. The highest BCUT2D eigenvalue weighted by Crippen LogP contribution is 2.27. The first-order chi connectivity index (χ1) is 8.58. The normalized spacial score (nSPS) is 12.2. The van der Waals surface area contributed by atoms with Gasteiger partial charge < -0.3 is 9.84 Å². The SMILES string of the molecule is Cc1ccc(Oc2ncccc2[C@H](C)O)cc1F. The van der Waals surface area contributed by atoms with Gasteiger partial charge in [0, 0.05) is 17.8 Å². The lowest BCUT2D eigenvalue weighted by molar-refractivity contribution is 0.194. The lowest BCUT2D eigenvalue weighted by Crippen LogP contribution is -1.98. The number of benzene rings is 1. The van der Waals surface area contributed by atoms with Crippen LogP contribution in [0.1, 0.15) is 24.2 Å². The second-order valence-electron chi connectivity index (χ2n) is 4.09. The molecule has 0 bridgehead atoms. The van der Waals surface area contributed by atoms with Crippen molar-refractivity contribution in [1.82, 2.24) is 4.98 Å². The van der Waals surface area contributed by atoms with Gasteiger partial charge in [0.05, 0.1) is 6.10 Å². The first-order valence-electron chi connectivity index (χ1n) is 5.65. The van der Waals surface area contributed by atoms with Crippen molar-refractivity contribution in [3.05, 3.63) is 53.5 Å². The van der Waals surface area contributed by atoms with Gasteiger partial charge in [-0.05, 0) is 37.6 Å². The summed E-state index contributed by atoms with van der Waals surface area (Å²) in [6.07, 6.45) is 0.871. The Balaban J connectivity index is 2.31. The number of aromatic nitrogens is 1. The molecule has 0 radical (unpaired) electrons. The molecule has 0 spiro atoms. The highest BCUT2D eigenvalue weighted by Gasteiger charge is 2.11. The molecule has 3 nitrogen and oxygen atoms in total. The van der Waals surface area contributed by atoms with Crippen LogP contribution in [0, 0.1) is 12.7 Å². The molecule has 0 saturated carbocycles. The van der Waals surface area contributed by atoms with E-state index in [2.05, 4.69) is 4.98 Å². The zero-order valence-corrected chi connectivity index (χ0v) is 10.2. The maximum Gasteiger partial charge on any atom is 0.225 e. The Hall–Kier alpha value is -1.94. The molecule has 1 atom stereocenters. The van der Waals surface area contributed by atoms with Crippen LogP contribution < -0.4 is 4.74 Å². The van der Waals surface area contributed by atoms with Crippen molar-refractivity contribution in [1.29, 1.82) is 0 Å². The molecule has 0 amide bonds. The Morgan fingerprint density at radius 3 is 2.78 bits per heavy atom. The molecule has 0 aliphatic rings. The Morgan fingerprint density at radius 1 is 1.33 bits per heavy atom. The van der Waals surface area contributed by atoms with Crippen molar-refractivity contribution in [3.8, 4) is 11.6 Å². The van der Waals surface area contributed by atoms with E-state index in [0.717, 1.165) is 0 Å². The quantitative estimate of drug-likeness (QED) is 0.904. The highest BCUT2D eigenvalue weighted by molar-refractivity contribution is 5.35. The summed E-state index contributed by atoms with van der Waals surface area (Å²) in [4.78, 5) is 4.04. The molecule has 0 saturated heterocycles. The van der Waals surface area contributed by atoms with Crippen molar-refractivity contribution < 1.29 is 14.2 Å². The van der Waals surface area contributed by atoms with Gasteiger partial charge in [-0.3, -0.25) is 0 Å². The molecule has 1 N–H and O–H groups in total. The van der Waals surface area contributed by atoms with Crippen molar-refractivity contribution in [2.24, 2.45) is 0 Å². The van der Waals surface area contributed by atoms with E-state index < -0.39 is 6.10 Å². The third kappa shape index (κ3) is 2.65. The van der Waals surface area contributed by atoms with Gasteiger partial charge in [-0.15, -0.1) is 0 Å². The van der Waals surface area contributed by atoms with Crippen LogP contribution in [0.4, 0.5) is 4.39 Å². The lowest BCUT2D eigenvalue weighted by Gasteiger charge is -2.11. The Bertz CT molecular complexity index is 555. The first kappa shape index (κ1) is 12.5. The molecule has 0 unspecified atom stereocenters. The van der Waals surface area contributed by atoms with Crippen molar-refractivity contribution in [2.45, 2.75) is 20.0 Å². The Morgan fingerprint density at radius 2 is 2.11 bits per heavy atom. The smallest absolute Gasteiger partial charge is 0.225 e. The highest BCUT2D eigenvalue weighted by atomic mass is 19.1. The van der Waals surface area contributed by atoms with Crippen LogP contribution in [0.25, 0.3) is 0 Å². The summed E-state index contributed by atoms with van der Waals surface area (Å²) < 4.78 is 18.9. The summed E-state index contributed by atoms with van der Waals surface area (Å²) in [7, 11) is 0. The molecule has 2 aromatic rings. The summed E-state index contributed by atoms with van der Waals surface area (Å²) in [6.45, 7) is 3.31. The standard InChI is InChI=1S/C14H14FNO2/c1-9-5-6-11(8-13(9)15)18-14-12(10(2)17)4-3-7-16-14/h3-8,10,17H,1-2H3/t10-/m0/s1. The molecule has 1 aromatic heterocycles. The molecule has 0 fully saturated rings. The Kier molecular flexibility index (Phi) is 3.58. The fourth-order valence-corrected chi connectivity index (χ4v) is 1.56. The molecule has 4 heteroatoms. The van der Waals surface area contributed by atoms with E-state index in [1.807, 2.05) is 0 Å². The van der Waals surface area contributed by atoms with Gasteiger partial charge in [-0.1, -0.05) is 6.07 Å². The second kappa shape index (κ2) is 5.14. The Labute approximate surface area is 105 Å². The molecule has 1 heterocycles. The van der Waals surface area contributed by atoms with Crippen molar-refractivity contribution in [2.75, 3.05) is 0 Å². The number of aliphatic hydroxyl groups excluding tert-OH is 1. The van der Waals surface area contributed by atoms with E-state index in [1.165, 1.54) is 6.07 Å². The largest absolute Gasteiger partial charge is 0.439 e. The maximum atomic E-state index is 13.4. The maximum absolute atomic E-state index is 13.4. The fraction of sp³-hybridized carbons (Fsp3) is 0.214. The van der Waals surface area contributed by atoms with Crippen molar-refractivity contribution >= 4 is 0 Å². The topological polar surface area (TPSA) is 42.4 Å². The number of nitrogens with zero attached hydrogens (tertiary/aromatic N) is 1. The summed E-state index contributed by atoms with van der Waals surface area (Å²) >= 11 is 0. The van der Waals surface area contributed by atoms with Crippen molar-refractivity contribution in [3.63, 3.8) is 0 Å². The fourth-order valence-electron chi connectivity index (χ4n) is 1.56. The van der Waals surface area contributed by atoms with Gasteiger partial charge in [0.2, 0.25) is 5.88 Å². The molecule has 2 rings (SSSR count).